The van der Waals surface area contributed by atoms with Gasteiger partial charge in [0.1, 0.15) is 6.04 Å². The number of aliphatic carboxylic acids is 1. The van der Waals surface area contributed by atoms with E-state index in [9.17, 15) is 22.8 Å². The summed E-state index contributed by atoms with van der Waals surface area (Å²) in [7, 11) is 0. The van der Waals surface area contributed by atoms with Crippen LogP contribution in [-0.2, 0) is 9.59 Å². The third-order valence-corrected chi connectivity index (χ3v) is 1.95. The molecule has 0 saturated carbocycles. The van der Waals surface area contributed by atoms with E-state index in [1.807, 2.05) is 5.32 Å². The van der Waals surface area contributed by atoms with Crippen molar-refractivity contribution in [1.82, 2.24) is 10.6 Å². The molecule has 18 heavy (non-hydrogen) atoms. The number of carbonyl (C=O) groups is 2. The Balaban J connectivity index is 4.07. The van der Waals surface area contributed by atoms with Crippen molar-refractivity contribution < 1.29 is 27.9 Å². The molecule has 0 aliphatic heterocycles. The van der Waals surface area contributed by atoms with Gasteiger partial charge in [-0.25, -0.2) is 4.79 Å². The lowest BCUT2D eigenvalue weighted by Crippen LogP contribution is -2.46. The van der Waals surface area contributed by atoms with Gasteiger partial charge in [-0.05, 0) is 12.3 Å². The fraction of sp³-hybridized carbons (Fsp3) is 0.800. The van der Waals surface area contributed by atoms with Crippen molar-refractivity contribution in [3.05, 3.63) is 0 Å². The van der Waals surface area contributed by atoms with Gasteiger partial charge in [-0.3, -0.25) is 4.79 Å². The van der Waals surface area contributed by atoms with Crippen LogP contribution >= 0.6 is 0 Å². The molecular weight excluding hydrogens is 253 g/mol. The van der Waals surface area contributed by atoms with Gasteiger partial charge in [0.15, 0.2) is 0 Å². The lowest BCUT2D eigenvalue weighted by atomic mass is 10.0. The highest BCUT2D eigenvalue weighted by Gasteiger charge is 2.27. The molecule has 0 rings (SSSR count). The van der Waals surface area contributed by atoms with Crippen LogP contribution in [0.1, 0.15) is 20.3 Å². The Hall–Kier alpha value is -1.31. The minimum atomic E-state index is -4.40. The SMILES string of the molecule is CC(C)C[C@H](NC(=O)CNCC(F)(F)F)C(=O)O. The molecule has 0 radical (unpaired) electrons. The normalized spacial score (nSPS) is 13.4. The molecule has 0 unspecified atom stereocenters. The fourth-order valence-electron chi connectivity index (χ4n) is 1.26. The summed E-state index contributed by atoms with van der Waals surface area (Å²) in [5, 5.41) is 12.9. The molecule has 0 aromatic rings. The third kappa shape index (κ3) is 8.80. The van der Waals surface area contributed by atoms with E-state index in [-0.39, 0.29) is 12.3 Å². The Labute approximate surface area is 103 Å². The lowest BCUT2D eigenvalue weighted by Gasteiger charge is -2.16. The van der Waals surface area contributed by atoms with Crippen molar-refractivity contribution in [3.63, 3.8) is 0 Å². The second-order valence-corrected chi connectivity index (χ2v) is 4.31. The van der Waals surface area contributed by atoms with Gasteiger partial charge >= 0.3 is 12.1 Å². The summed E-state index contributed by atoms with van der Waals surface area (Å²) in [5.41, 5.74) is 0. The zero-order chi connectivity index (χ0) is 14.3. The smallest absolute Gasteiger partial charge is 0.401 e. The Morgan fingerprint density at radius 2 is 1.83 bits per heavy atom. The van der Waals surface area contributed by atoms with E-state index in [2.05, 4.69) is 5.32 Å². The molecule has 0 aliphatic rings. The van der Waals surface area contributed by atoms with Crippen LogP contribution in [0.2, 0.25) is 0 Å². The molecule has 8 heteroatoms. The summed E-state index contributed by atoms with van der Waals surface area (Å²) >= 11 is 0. The van der Waals surface area contributed by atoms with Crippen molar-refractivity contribution in [2.75, 3.05) is 13.1 Å². The van der Waals surface area contributed by atoms with E-state index in [1.54, 1.807) is 13.8 Å². The maximum Gasteiger partial charge on any atom is 0.401 e. The second-order valence-electron chi connectivity index (χ2n) is 4.31. The van der Waals surface area contributed by atoms with E-state index in [1.165, 1.54) is 0 Å². The number of amides is 1. The summed E-state index contributed by atoms with van der Waals surface area (Å²) in [6.07, 6.45) is -4.18. The molecule has 106 valence electrons. The molecule has 0 spiro atoms. The van der Waals surface area contributed by atoms with Crippen molar-refractivity contribution >= 4 is 11.9 Å². The first-order chi connectivity index (χ1) is 8.11. The van der Waals surface area contributed by atoms with E-state index in [0.29, 0.717) is 0 Å². The standard InChI is InChI=1S/C10H17F3N2O3/c1-6(2)3-7(9(17)18)15-8(16)4-14-5-10(11,12)13/h6-7,14H,3-5H2,1-2H3,(H,15,16)(H,17,18)/t7-/m0/s1. The Bertz CT molecular complexity index is 293. The van der Waals surface area contributed by atoms with E-state index >= 15 is 0 Å². The fourth-order valence-corrected chi connectivity index (χ4v) is 1.26. The molecule has 1 atom stereocenters. The highest BCUT2D eigenvalue weighted by molar-refractivity contribution is 5.84. The van der Waals surface area contributed by atoms with Crippen LogP contribution in [0.15, 0.2) is 0 Å². The van der Waals surface area contributed by atoms with Crippen LogP contribution < -0.4 is 10.6 Å². The molecule has 0 fully saturated rings. The molecular formula is C10H17F3N2O3. The van der Waals surface area contributed by atoms with Crippen molar-refractivity contribution in [2.45, 2.75) is 32.5 Å². The zero-order valence-corrected chi connectivity index (χ0v) is 10.2. The number of hydrogen-bond acceptors (Lipinski definition) is 3. The Morgan fingerprint density at radius 3 is 2.22 bits per heavy atom. The number of alkyl halides is 3. The molecule has 0 aromatic carbocycles. The molecule has 0 aromatic heterocycles. The predicted molar refractivity (Wildman–Crippen MR) is 57.9 cm³/mol. The van der Waals surface area contributed by atoms with Gasteiger partial charge in [0.05, 0.1) is 13.1 Å². The number of halogens is 3. The molecule has 0 bridgehead atoms. The third-order valence-electron chi connectivity index (χ3n) is 1.95. The highest BCUT2D eigenvalue weighted by Crippen LogP contribution is 2.11. The van der Waals surface area contributed by atoms with Crippen LogP contribution in [0.3, 0.4) is 0 Å². The summed E-state index contributed by atoms with van der Waals surface area (Å²) in [6.45, 7) is 1.71. The van der Waals surface area contributed by atoms with E-state index < -0.39 is 37.2 Å². The molecule has 0 saturated heterocycles. The Kier molecular flexibility index (Phi) is 6.67. The van der Waals surface area contributed by atoms with Gasteiger partial charge in [0.25, 0.3) is 0 Å². The summed E-state index contributed by atoms with van der Waals surface area (Å²) < 4.78 is 35.3. The summed E-state index contributed by atoms with van der Waals surface area (Å²) in [6, 6.07) is -1.08. The first-order valence-corrected chi connectivity index (χ1v) is 5.41. The molecule has 1 amide bonds. The number of carbonyl (C=O) groups excluding carboxylic acids is 1. The second kappa shape index (κ2) is 7.20. The van der Waals surface area contributed by atoms with Gasteiger partial charge in [-0.2, -0.15) is 13.2 Å². The van der Waals surface area contributed by atoms with Crippen molar-refractivity contribution in [1.29, 1.82) is 0 Å². The van der Waals surface area contributed by atoms with E-state index in [0.717, 1.165) is 0 Å². The van der Waals surface area contributed by atoms with Crippen LogP contribution in [0.5, 0.6) is 0 Å². The van der Waals surface area contributed by atoms with Crippen LogP contribution in [0.25, 0.3) is 0 Å². The summed E-state index contributed by atoms with van der Waals surface area (Å²) in [5.74, 6) is -1.92. The number of hydrogen-bond donors (Lipinski definition) is 3. The predicted octanol–water partition coefficient (Wildman–Crippen LogP) is 0.754. The quantitative estimate of drug-likeness (QED) is 0.638. The van der Waals surface area contributed by atoms with Gasteiger partial charge in [-0.15, -0.1) is 0 Å². The number of nitrogens with one attached hydrogen (secondary N) is 2. The molecule has 5 nitrogen and oxygen atoms in total. The Morgan fingerprint density at radius 1 is 1.28 bits per heavy atom. The average molecular weight is 270 g/mol. The van der Waals surface area contributed by atoms with Gasteiger partial charge in [0, 0.05) is 0 Å². The van der Waals surface area contributed by atoms with E-state index in [4.69, 9.17) is 5.11 Å². The van der Waals surface area contributed by atoms with Gasteiger partial charge in [0.2, 0.25) is 5.91 Å². The minimum absolute atomic E-state index is 0.0505. The molecule has 3 N–H and O–H groups in total. The minimum Gasteiger partial charge on any atom is -0.480 e. The average Bonchev–Trinajstić information content (AvgIpc) is 2.13. The van der Waals surface area contributed by atoms with Gasteiger partial charge in [-0.1, -0.05) is 13.8 Å². The monoisotopic (exact) mass is 270 g/mol. The maximum atomic E-state index is 11.8. The number of rotatable bonds is 7. The molecule has 0 aliphatic carbocycles. The highest BCUT2D eigenvalue weighted by atomic mass is 19.4. The van der Waals surface area contributed by atoms with Crippen molar-refractivity contribution in [2.24, 2.45) is 5.92 Å². The number of carboxylic acids is 1. The topological polar surface area (TPSA) is 78.4 Å². The largest absolute Gasteiger partial charge is 0.480 e. The summed E-state index contributed by atoms with van der Waals surface area (Å²) in [4.78, 5) is 22.0. The van der Waals surface area contributed by atoms with Crippen LogP contribution in [0.4, 0.5) is 13.2 Å². The first-order valence-electron chi connectivity index (χ1n) is 5.41. The van der Waals surface area contributed by atoms with Gasteiger partial charge < -0.3 is 15.7 Å². The maximum absolute atomic E-state index is 11.8. The lowest BCUT2D eigenvalue weighted by molar-refractivity contribution is -0.142. The van der Waals surface area contributed by atoms with Crippen molar-refractivity contribution in [3.8, 4) is 0 Å². The zero-order valence-electron chi connectivity index (χ0n) is 10.2. The number of carboxylic acid groups (broad SMARTS) is 1. The first kappa shape index (κ1) is 16.7. The molecule has 0 heterocycles. The van der Waals surface area contributed by atoms with Crippen LogP contribution in [0, 0.1) is 5.92 Å². The van der Waals surface area contributed by atoms with Crippen LogP contribution in [-0.4, -0.2) is 42.3 Å².